The fraction of sp³-hybridized carbons (Fsp3) is 0.308. The average molecular weight is 301 g/mol. The molecule has 21 heavy (non-hydrogen) atoms. The molecule has 0 N–H and O–H groups in total. The fourth-order valence-electron chi connectivity index (χ4n) is 1.88. The van der Waals surface area contributed by atoms with Gasteiger partial charge in [-0.2, -0.15) is 4.68 Å². The van der Waals surface area contributed by atoms with Gasteiger partial charge in [0.15, 0.2) is 11.0 Å². The van der Waals surface area contributed by atoms with Crippen molar-refractivity contribution in [2.75, 3.05) is 0 Å². The standard InChI is InChI=1S/C13H15N7S/c1-10(2)19-9-14-16-13(19)21-8-12-15-17-18-20(12)11-6-4-3-5-7-11/h3-7,9-10H,8H2,1-2H3. The maximum Gasteiger partial charge on any atom is 0.191 e. The largest absolute Gasteiger partial charge is 0.306 e. The van der Waals surface area contributed by atoms with Gasteiger partial charge in [-0.25, -0.2) is 0 Å². The van der Waals surface area contributed by atoms with E-state index in [1.807, 2.05) is 34.9 Å². The van der Waals surface area contributed by atoms with Gasteiger partial charge >= 0.3 is 0 Å². The van der Waals surface area contributed by atoms with Crippen LogP contribution in [0.3, 0.4) is 0 Å². The van der Waals surface area contributed by atoms with Crippen LogP contribution in [0.5, 0.6) is 0 Å². The Kier molecular flexibility index (Phi) is 3.96. The highest BCUT2D eigenvalue weighted by Crippen LogP contribution is 2.22. The highest BCUT2D eigenvalue weighted by molar-refractivity contribution is 7.98. The molecule has 0 aliphatic rings. The smallest absolute Gasteiger partial charge is 0.191 e. The molecular formula is C13H15N7S. The van der Waals surface area contributed by atoms with E-state index < -0.39 is 0 Å². The van der Waals surface area contributed by atoms with Crippen LogP contribution < -0.4 is 0 Å². The summed E-state index contributed by atoms with van der Waals surface area (Å²) in [4.78, 5) is 0. The minimum atomic E-state index is 0.326. The van der Waals surface area contributed by atoms with Crippen molar-refractivity contribution in [3.63, 3.8) is 0 Å². The van der Waals surface area contributed by atoms with Gasteiger partial charge in [0.2, 0.25) is 0 Å². The Morgan fingerprint density at radius 1 is 1.14 bits per heavy atom. The zero-order valence-electron chi connectivity index (χ0n) is 11.8. The first-order valence-electron chi connectivity index (χ1n) is 6.60. The van der Waals surface area contributed by atoms with Crippen LogP contribution in [0.2, 0.25) is 0 Å². The topological polar surface area (TPSA) is 74.3 Å². The summed E-state index contributed by atoms with van der Waals surface area (Å²) in [6.07, 6.45) is 1.74. The van der Waals surface area contributed by atoms with Crippen LogP contribution in [0, 0.1) is 0 Å². The van der Waals surface area contributed by atoms with Crippen molar-refractivity contribution in [2.45, 2.75) is 30.8 Å². The fourth-order valence-corrected chi connectivity index (χ4v) is 2.83. The second-order valence-corrected chi connectivity index (χ2v) is 5.69. The number of aromatic nitrogens is 7. The third-order valence-electron chi connectivity index (χ3n) is 2.96. The van der Waals surface area contributed by atoms with Crippen molar-refractivity contribution in [3.8, 4) is 5.69 Å². The maximum absolute atomic E-state index is 4.14. The van der Waals surface area contributed by atoms with Crippen LogP contribution in [0.15, 0.2) is 41.8 Å². The number of rotatable bonds is 5. The summed E-state index contributed by atoms with van der Waals surface area (Å²) >= 11 is 1.57. The minimum absolute atomic E-state index is 0.326. The lowest BCUT2D eigenvalue weighted by atomic mass is 10.3. The molecule has 0 bridgehead atoms. The number of para-hydroxylation sites is 1. The SMILES string of the molecule is CC(C)n1cnnc1SCc1nnnn1-c1ccccc1. The molecule has 0 amide bonds. The summed E-state index contributed by atoms with van der Waals surface area (Å²) in [7, 11) is 0. The van der Waals surface area contributed by atoms with Crippen LogP contribution in [-0.2, 0) is 5.75 Å². The number of thioether (sulfide) groups is 1. The summed E-state index contributed by atoms with van der Waals surface area (Å²) in [6, 6.07) is 10.2. The Labute approximate surface area is 126 Å². The molecule has 0 saturated carbocycles. The van der Waals surface area contributed by atoms with Gasteiger partial charge in [0, 0.05) is 6.04 Å². The summed E-state index contributed by atoms with van der Waals surface area (Å²) in [5.74, 6) is 1.41. The van der Waals surface area contributed by atoms with E-state index in [2.05, 4.69) is 39.6 Å². The molecule has 0 radical (unpaired) electrons. The first-order chi connectivity index (χ1) is 10.3. The number of tetrazole rings is 1. The van der Waals surface area contributed by atoms with E-state index in [0.29, 0.717) is 11.8 Å². The van der Waals surface area contributed by atoms with E-state index in [4.69, 9.17) is 0 Å². The molecule has 0 spiro atoms. The molecule has 0 aliphatic carbocycles. The summed E-state index contributed by atoms with van der Waals surface area (Å²) < 4.78 is 3.77. The van der Waals surface area contributed by atoms with Crippen molar-refractivity contribution >= 4 is 11.8 Å². The second-order valence-electron chi connectivity index (χ2n) is 4.75. The van der Waals surface area contributed by atoms with E-state index >= 15 is 0 Å². The van der Waals surface area contributed by atoms with Gasteiger partial charge < -0.3 is 4.57 Å². The molecule has 1 aromatic carbocycles. The van der Waals surface area contributed by atoms with Gasteiger partial charge in [0.25, 0.3) is 0 Å². The molecule has 2 aromatic heterocycles. The molecule has 0 fully saturated rings. The van der Waals surface area contributed by atoms with E-state index in [0.717, 1.165) is 16.7 Å². The third-order valence-corrected chi connectivity index (χ3v) is 3.91. The monoisotopic (exact) mass is 301 g/mol. The quantitative estimate of drug-likeness (QED) is 0.672. The molecule has 0 atom stereocenters. The molecule has 108 valence electrons. The normalized spacial score (nSPS) is 11.2. The summed E-state index contributed by atoms with van der Waals surface area (Å²) in [6.45, 7) is 4.20. The van der Waals surface area contributed by atoms with Crippen LogP contribution in [-0.4, -0.2) is 35.0 Å². The van der Waals surface area contributed by atoms with Gasteiger partial charge in [-0.05, 0) is 36.4 Å². The molecule has 0 saturated heterocycles. The number of hydrogen-bond donors (Lipinski definition) is 0. The van der Waals surface area contributed by atoms with Gasteiger partial charge in [-0.1, -0.05) is 30.0 Å². The zero-order valence-corrected chi connectivity index (χ0v) is 12.6. The predicted octanol–water partition coefficient (Wildman–Crippen LogP) is 2.13. The number of hydrogen-bond acceptors (Lipinski definition) is 6. The molecule has 2 heterocycles. The van der Waals surface area contributed by atoms with Crippen molar-refractivity contribution in [3.05, 3.63) is 42.5 Å². The Morgan fingerprint density at radius 2 is 1.95 bits per heavy atom. The first-order valence-corrected chi connectivity index (χ1v) is 7.59. The highest BCUT2D eigenvalue weighted by atomic mass is 32.2. The Hall–Kier alpha value is -2.22. The molecule has 7 nitrogen and oxygen atoms in total. The van der Waals surface area contributed by atoms with E-state index in [1.165, 1.54) is 0 Å². The van der Waals surface area contributed by atoms with Gasteiger partial charge in [0.1, 0.15) is 6.33 Å². The third kappa shape index (κ3) is 2.94. The van der Waals surface area contributed by atoms with E-state index in [-0.39, 0.29) is 0 Å². The van der Waals surface area contributed by atoms with E-state index in [9.17, 15) is 0 Å². The average Bonchev–Trinajstić information content (AvgIpc) is 3.15. The number of nitrogens with zero attached hydrogens (tertiary/aromatic N) is 7. The van der Waals surface area contributed by atoms with Gasteiger partial charge in [-0.15, -0.1) is 15.3 Å². The van der Waals surface area contributed by atoms with E-state index in [1.54, 1.807) is 22.8 Å². The van der Waals surface area contributed by atoms with Crippen molar-refractivity contribution < 1.29 is 0 Å². The Morgan fingerprint density at radius 3 is 2.71 bits per heavy atom. The van der Waals surface area contributed by atoms with Crippen molar-refractivity contribution in [1.82, 2.24) is 35.0 Å². The predicted molar refractivity (Wildman–Crippen MR) is 79.1 cm³/mol. The molecule has 3 aromatic rings. The minimum Gasteiger partial charge on any atom is -0.306 e. The van der Waals surface area contributed by atoms with Crippen LogP contribution in [0.25, 0.3) is 5.69 Å². The van der Waals surface area contributed by atoms with Crippen LogP contribution >= 0.6 is 11.8 Å². The highest BCUT2D eigenvalue weighted by Gasteiger charge is 2.12. The van der Waals surface area contributed by atoms with Crippen molar-refractivity contribution in [1.29, 1.82) is 0 Å². The lowest BCUT2D eigenvalue weighted by Crippen LogP contribution is -2.04. The van der Waals surface area contributed by atoms with Gasteiger partial charge in [0.05, 0.1) is 11.4 Å². The molecule has 3 rings (SSSR count). The number of benzene rings is 1. The zero-order chi connectivity index (χ0) is 14.7. The molecular weight excluding hydrogens is 286 g/mol. The lowest BCUT2D eigenvalue weighted by Gasteiger charge is -2.09. The summed E-state index contributed by atoms with van der Waals surface area (Å²) in [5.41, 5.74) is 0.948. The Bertz CT molecular complexity index is 704. The Balaban J connectivity index is 1.78. The van der Waals surface area contributed by atoms with Crippen LogP contribution in [0.1, 0.15) is 25.7 Å². The first kappa shape index (κ1) is 13.7. The van der Waals surface area contributed by atoms with Crippen LogP contribution in [0.4, 0.5) is 0 Å². The van der Waals surface area contributed by atoms with Crippen molar-refractivity contribution in [2.24, 2.45) is 0 Å². The second kappa shape index (κ2) is 6.04. The lowest BCUT2D eigenvalue weighted by molar-refractivity contribution is 0.549. The maximum atomic E-state index is 4.14. The molecule has 0 unspecified atom stereocenters. The summed E-state index contributed by atoms with van der Waals surface area (Å²) in [5, 5.41) is 20.9. The molecule has 0 aliphatic heterocycles. The van der Waals surface area contributed by atoms with Gasteiger partial charge in [-0.3, -0.25) is 0 Å². The molecule has 8 heteroatoms.